The third-order valence-corrected chi connectivity index (χ3v) is 3.82. The van der Waals surface area contributed by atoms with Gasteiger partial charge >= 0.3 is 5.97 Å². The van der Waals surface area contributed by atoms with Crippen LogP contribution >= 0.6 is 0 Å². The molecule has 2 N–H and O–H groups in total. The molecule has 0 atom stereocenters. The predicted molar refractivity (Wildman–Crippen MR) is 91.7 cm³/mol. The fourth-order valence-corrected chi connectivity index (χ4v) is 2.64. The predicted octanol–water partition coefficient (Wildman–Crippen LogP) is 3.23. The quantitative estimate of drug-likeness (QED) is 0.629. The molecule has 0 spiro atoms. The molecule has 0 aliphatic rings. The number of ether oxygens (including phenoxy) is 2. The SMILES string of the molecule is CO/C=C(/C(=O)O)c1ccc(C)c(CO)c1-c1cccc(OC)c1. The van der Waals surface area contributed by atoms with Crippen LogP contribution in [0.5, 0.6) is 5.75 Å². The lowest BCUT2D eigenvalue weighted by Crippen LogP contribution is -2.05. The number of benzene rings is 2. The van der Waals surface area contributed by atoms with Gasteiger partial charge in [-0.2, -0.15) is 0 Å². The summed E-state index contributed by atoms with van der Waals surface area (Å²) in [4.78, 5) is 11.6. The summed E-state index contributed by atoms with van der Waals surface area (Å²) in [5.74, 6) is -0.454. The summed E-state index contributed by atoms with van der Waals surface area (Å²) < 4.78 is 10.2. The van der Waals surface area contributed by atoms with Gasteiger partial charge in [-0.25, -0.2) is 4.79 Å². The van der Waals surface area contributed by atoms with Crippen LogP contribution in [0.2, 0.25) is 0 Å². The summed E-state index contributed by atoms with van der Waals surface area (Å²) in [5, 5.41) is 19.4. The van der Waals surface area contributed by atoms with Gasteiger partial charge in [0.2, 0.25) is 0 Å². The van der Waals surface area contributed by atoms with E-state index in [0.29, 0.717) is 22.4 Å². The maximum absolute atomic E-state index is 11.6. The summed E-state index contributed by atoms with van der Waals surface area (Å²) in [6.45, 7) is 1.67. The average Bonchev–Trinajstić information content (AvgIpc) is 2.59. The number of carboxylic acid groups (broad SMARTS) is 1. The number of aliphatic hydroxyl groups excluding tert-OH is 1. The van der Waals surface area contributed by atoms with Gasteiger partial charge in [0.05, 0.1) is 27.1 Å². The van der Waals surface area contributed by atoms with Crippen molar-refractivity contribution in [3.63, 3.8) is 0 Å². The summed E-state index contributed by atoms with van der Waals surface area (Å²) >= 11 is 0. The Morgan fingerprint density at radius 2 is 1.96 bits per heavy atom. The first kappa shape index (κ1) is 17.6. The fraction of sp³-hybridized carbons (Fsp3) is 0.211. The molecule has 126 valence electrons. The lowest BCUT2D eigenvalue weighted by Gasteiger charge is -2.17. The summed E-state index contributed by atoms with van der Waals surface area (Å²) in [6, 6.07) is 10.8. The molecule has 0 unspecified atom stereocenters. The van der Waals surface area contributed by atoms with Gasteiger partial charge in [-0.1, -0.05) is 24.3 Å². The molecular weight excluding hydrogens is 308 g/mol. The maximum atomic E-state index is 11.6. The van der Waals surface area contributed by atoms with Crippen LogP contribution in [0, 0.1) is 6.92 Å². The third-order valence-electron chi connectivity index (χ3n) is 3.82. The van der Waals surface area contributed by atoms with Crippen molar-refractivity contribution in [2.45, 2.75) is 13.5 Å². The highest BCUT2D eigenvalue weighted by molar-refractivity contribution is 6.17. The first-order valence-corrected chi connectivity index (χ1v) is 7.37. The van der Waals surface area contributed by atoms with E-state index in [2.05, 4.69) is 0 Å². The number of methoxy groups -OCH3 is 2. The molecule has 0 fully saturated rings. The highest BCUT2D eigenvalue weighted by Crippen LogP contribution is 2.36. The van der Waals surface area contributed by atoms with E-state index >= 15 is 0 Å². The molecule has 0 heterocycles. The standard InChI is InChI=1S/C19H20O5/c1-12-7-8-15(17(11-23-2)19(21)22)18(16(12)10-20)13-5-4-6-14(9-13)24-3/h4-9,11,20H,10H2,1-3H3,(H,21,22)/b17-11+. The van der Waals surface area contributed by atoms with Crippen molar-refractivity contribution < 1.29 is 24.5 Å². The average molecular weight is 328 g/mol. The van der Waals surface area contributed by atoms with Gasteiger partial charge < -0.3 is 19.7 Å². The van der Waals surface area contributed by atoms with Crippen molar-refractivity contribution in [2.75, 3.05) is 14.2 Å². The van der Waals surface area contributed by atoms with Crippen molar-refractivity contribution >= 4 is 11.5 Å². The van der Waals surface area contributed by atoms with E-state index < -0.39 is 5.97 Å². The van der Waals surface area contributed by atoms with Gasteiger partial charge in [-0.15, -0.1) is 0 Å². The van der Waals surface area contributed by atoms with Crippen LogP contribution < -0.4 is 4.74 Å². The molecule has 2 rings (SSSR count). The molecule has 0 aliphatic carbocycles. The Hall–Kier alpha value is -2.79. The monoisotopic (exact) mass is 328 g/mol. The Kier molecular flexibility index (Phi) is 5.60. The van der Waals surface area contributed by atoms with Crippen LogP contribution in [0.15, 0.2) is 42.7 Å². The Labute approximate surface area is 140 Å². The molecule has 2 aromatic rings. The molecule has 5 nitrogen and oxygen atoms in total. The van der Waals surface area contributed by atoms with Crippen LogP contribution in [-0.4, -0.2) is 30.4 Å². The molecule has 0 radical (unpaired) electrons. The molecule has 0 aromatic heterocycles. The molecule has 5 heteroatoms. The highest BCUT2D eigenvalue weighted by Gasteiger charge is 2.20. The fourth-order valence-electron chi connectivity index (χ4n) is 2.64. The summed E-state index contributed by atoms with van der Waals surface area (Å²) in [5.41, 5.74) is 3.46. The number of aryl methyl sites for hydroxylation is 1. The number of aliphatic carboxylic acids is 1. The van der Waals surface area contributed by atoms with Crippen LogP contribution in [0.25, 0.3) is 16.7 Å². The number of hydrogen-bond donors (Lipinski definition) is 2. The van der Waals surface area contributed by atoms with Crippen LogP contribution in [0.4, 0.5) is 0 Å². The summed E-state index contributed by atoms with van der Waals surface area (Å²) in [7, 11) is 2.96. The van der Waals surface area contributed by atoms with E-state index in [0.717, 1.165) is 11.1 Å². The Morgan fingerprint density at radius 3 is 2.54 bits per heavy atom. The van der Waals surface area contributed by atoms with Gasteiger partial charge in [-0.3, -0.25) is 0 Å². The second-order valence-electron chi connectivity index (χ2n) is 5.25. The first-order valence-electron chi connectivity index (χ1n) is 7.37. The van der Waals surface area contributed by atoms with Gasteiger partial charge in [0.1, 0.15) is 11.3 Å². The van der Waals surface area contributed by atoms with Gasteiger partial charge in [-0.05, 0) is 41.3 Å². The molecule has 0 aliphatic heterocycles. The number of aliphatic hydroxyl groups is 1. The normalized spacial score (nSPS) is 11.2. The van der Waals surface area contributed by atoms with Crippen LogP contribution in [0.3, 0.4) is 0 Å². The molecule has 0 bridgehead atoms. The Morgan fingerprint density at radius 1 is 1.21 bits per heavy atom. The van der Waals surface area contributed by atoms with E-state index in [1.54, 1.807) is 25.3 Å². The first-order chi connectivity index (χ1) is 11.5. The maximum Gasteiger partial charge on any atom is 0.339 e. The smallest absolute Gasteiger partial charge is 0.339 e. The van der Waals surface area contributed by atoms with E-state index in [9.17, 15) is 15.0 Å². The van der Waals surface area contributed by atoms with E-state index in [4.69, 9.17) is 9.47 Å². The molecule has 0 amide bonds. The van der Waals surface area contributed by atoms with E-state index in [1.165, 1.54) is 13.4 Å². The third kappa shape index (κ3) is 3.41. The van der Waals surface area contributed by atoms with E-state index in [-0.39, 0.29) is 12.2 Å². The van der Waals surface area contributed by atoms with Crippen molar-refractivity contribution in [3.05, 3.63) is 59.4 Å². The van der Waals surface area contributed by atoms with Crippen LogP contribution in [-0.2, 0) is 16.1 Å². The number of rotatable bonds is 6. The van der Waals surface area contributed by atoms with Gasteiger partial charge in [0.25, 0.3) is 0 Å². The van der Waals surface area contributed by atoms with Gasteiger partial charge in [0, 0.05) is 5.56 Å². The zero-order chi connectivity index (χ0) is 17.7. The minimum atomic E-state index is -1.10. The molecule has 0 saturated heterocycles. The lowest BCUT2D eigenvalue weighted by molar-refractivity contribution is -0.130. The minimum absolute atomic E-state index is 0.0185. The molecular formula is C19H20O5. The van der Waals surface area contributed by atoms with Crippen molar-refractivity contribution in [1.82, 2.24) is 0 Å². The van der Waals surface area contributed by atoms with E-state index in [1.807, 2.05) is 25.1 Å². The summed E-state index contributed by atoms with van der Waals surface area (Å²) in [6.07, 6.45) is 1.19. The molecule has 0 saturated carbocycles. The molecule has 24 heavy (non-hydrogen) atoms. The topological polar surface area (TPSA) is 76.0 Å². The zero-order valence-electron chi connectivity index (χ0n) is 13.9. The van der Waals surface area contributed by atoms with Crippen molar-refractivity contribution in [3.8, 4) is 16.9 Å². The Bertz CT molecular complexity index is 777. The van der Waals surface area contributed by atoms with Gasteiger partial charge in [0.15, 0.2) is 0 Å². The second kappa shape index (κ2) is 7.66. The zero-order valence-corrected chi connectivity index (χ0v) is 13.9. The number of hydrogen-bond acceptors (Lipinski definition) is 4. The van der Waals surface area contributed by atoms with Crippen molar-refractivity contribution in [1.29, 1.82) is 0 Å². The van der Waals surface area contributed by atoms with Crippen molar-refractivity contribution in [2.24, 2.45) is 0 Å². The number of carbonyl (C=O) groups is 1. The molecule has 2 aromatic carbocycles. The Balaban J connectivity index is 2.82. The van der Waals surface area contributed by atoms with Crippen LogP contribution in [0.1, 0.15) is 16.7 Å². The number of carboxylic acids is 1. The highest BCUT2D eigenvalue weighted by atomic mass is 16.5. The lowest BCUT2D eigenvalue weighted by atomic mass is 9.88. The second-order valence-corrected chi connectivity index (χ2v) is 5.25. The largest absolute Gasteiger partial charge is 0.503 e. The minimum Gasteiger partial charge on any atom is -0.503 e.